The van der Waals surface area contributed by atoms with Gasteiger partial charge < -0.3 is 28.4 Å². The van der Waals surface area contributed by atoms with Crippen LogP contribution < -0.4 is 0 Å². The maximum absolute atomic E-state index is 13.6. The van der Waals surface area contributed by atoms with Crippen molar-refractivity contribution in [2.45, 2.75) is 123 Å². The number of ether oxygens (including phenoxy) is 6. The summed E-state index contributed by atoms with van der Waals surface area (Å²) in [5.41, 5.74) is 4.28. The van der Waals surface area contributed by atoms with Crippen LogP contribution in [0.25, 0.3) is 10.4 Å². The van der Waals surface area contributed by atoms with Gasteiger partial charge >= 0.3 is 0 Å². The molecule has 0 unspecified atom stereocenters. The molecule has 5 atom stereocenters. The van der Waals surface area contributed by atoms with E-state index in [1.165, 1.54) is 22.6 Å². The second-order valence-electron chi connectivity index (χ2n) is 13.4. The van der Waals surface area contributed by atoms with E-state index in [0.29, 0.717) is 46.2 Å². The number of thiophene rings is 1. The van der Waals surface area contributed by atoms with E-state index in [4.69, 9.17) is 28.4 Å². The van der Waals surface area contributed by atoms with E-state index in [1.807, 2.05) is 12.1 Å². The van der Waals surface area contributed by atoms with E-state index in [0.717, 1.165) is 79.4 Å². The molecule has 0 N–H and O–H groups in total. The molecule has 1 aliphatic rings. The fourth-order valence-electron chi connectivity index (χ4n) is 6.26. The lowest BCUT2D eigenvalue weighted by molar-refractivity contribution is -0.268. The van der Waals surface area contributed by atoms with Gasteiger partial charge in [0.15, 0.2) is 0 Å². The summed E-state index contributed by atoms with van der Waals surface area (Å²) in [7, 11) is 0. The lowest BCUT2D eigenvalue weighted by Crippen LogP contribution is -2.58. The van der Waals surface area contributed by atoms with E-state index < -0.39 is 6.10 Å². The third kappa shape index (κ3) is 12.9. The Bertz CT molecular complexity index is 1390. The molecule has 0 radical (unpaired) electrons. The topological polar surface area (TPSA) is 55.4 Å². The summed E-state index contributed by atoms with van der Waals surface area (Å²) in [5.74, 6) is -0.228. The van der Waals surface area contributed by atoms with E-state index in [-0.39, 0.29) is 30.2 Å². The highest BCUT2D eigenvalue weighted by Crippen LogP contribution is 2.40. The highest BCUT2D eigenvalue weighted by atomic mass is 32.1. The SMILES string of the molecule is C=CCOCc1ccc(Cc2ccc(-c3ccc(F)cc3)s2)cc1[C@@H]1O[C@H](COCCCC)[C@@H](OCCCC)[C@H](OCCCC)[C@H]1OCCCC. The molecule has 2 heterocycles. The van der Waals surface area contributed by atoms with E-state index in [2.05, 4.69) is 64.6 Å². The van der Waals surface area contributed by atoms with Crippen LogP contribution in [0.3, 0.4) is 0 Å². The summed E-state index contributed by atoms with van der Waals surface area (Å²) in [4.78, 5) is 2.34. The number of hydrogen-bond acceptors (Lipinski definition) is 7. The van der Waals surface area contributed by atoms with Crippen LogP contribution in [0.15, 0.2) is 67.3 Å². The van der Waals surface area contributed by atoms with Crippen molar-refractivity contribution in [3.63, 3.8) is 0 Å². The van der Waals surface area contributed by atoms with Crippen LogP contribution >= 0.6 is 11.3 Å². The van der Waals surface area contributed by atoms with Crippen LogP contribution in [0, 0.1) is 5.82 Å². The quantitative estimate of drug-likeness (QED) is 0.0641. The summed E-state index contributed by atoms with van der Waals surface area (Å²) in [6.45, 7) is 16.4. The monoisotopic (exact) mass is 724 g/mol. The molecule has 3 aromatic rings. The van der Waals surface area contributed by atoms with Gasteiger partial charge in [-0.25, -0.2) is 4.39 Å². The third-order valence-electron chi connectivity index (χ3n) is 9.16. The summed E-state index contributed by atoms with van der Waals surface area (Å²) in [5, 5.41) is 0. The largest absolute Gasteiger partial charge is 0.379 e. The maximum Gasteiger partial charge on any atom is 0.123 e. The molecule has 1 aromatic heterocycles. The molecule has 1 fully saturated rings. The van der Waals surface area contributed by atoms with Crippen molar-refractivity contribution in [2.24, 2.45) is 0 Å². The molecule has 0 amide bonds. The first-order chi connectivity index (χ1) is 25.0. The standard InChI is InChI=1S/C43H61FO6S/c1-6-11-24-46-31-38-41(47-25-12-7-2)43(49-27-14-9-4)42(48-26-13-8-3)40(50-38)37-29-32(15-16-34(37)30-45-23-10-5)28-36-21-22-39(51-36)33-17-19-35(44)20-18-33/h10,15-22,29,38,40-43H,5-9,11-14,23-28,30-31H2,1-4H3/t38-,40+,41-,42+,43+/m1/s1. The highest BCUT2D eigenvalue weighted by molar-refractivity contribution is 7.15. The predicted molar refractivity (Wildman–Crippen MR) is 206 cm³/mol. The van der Waals surface area contributed by atoms with Crippen molar-refractivity contribution in [3.05, 3.63) is 94.6 Å². The van der Waals surface area contributed by atoms with Gasteiger partial charge in [0, 0.05) is 42.6 Å². The Morgan fingerprint density at radius 1 is 0.745 bits per heavy atom. The van der Waals surface area contributed by atoms with Gasteiger partial charge in [0.25, 0.3) is 0 Å². The predicted octanol–water partition coefficient (Wildman–Crippen LogP) is 10.7. The second kappa shape index (κ2) is 23.3. The summed E-state index contributed by atoms with van der Waals surface area (Å²) in [6.07, 6.45) is 8.79. The van der Waals surface area contributed by atoms with Crippen LogP contribution in [0.2, 0.25) is 0 Å². The zero-order valence-corrected chi connectivity index (χ0v) is 32.2. The first kappa shape index (κ1) is 41.3. The van der Waals surface area contributed by atoms with Gasteiger partial charge in [0.05, 0.1) is 19.8 Å². The average Bonchev–Trinajstić information content (AvgIpc) is 3.61. The Balaban J connectivity index is 1.73. The lowest BCUT2D eigenvalue weighted by Gasteiger charge is -2.47. The fraction of sp³-hybridized carbons (Fsp3) is 0.581. The van der Waals surface area contributed by atoms with Crippen molar-refractivity contribution in [1.82, 2.24) is 0 Å². The van der Waals surface area contributed by atoms with Crippen LogP contribution in [0.1, 0.15) is 107 Å². The van der Waals surface area contributed by atoms with Gasteiger partial charge in [-0.05, 0) is 72.2 Å². The molecular weight excluding hydrogens is 664 g/mol. The zero-order chi connectivity index (χ0) is 36.3. The Hall–Kier alpha value is -2.43. The third-order valence-corrected chi connectivity index (χ3v) is 10.3. The van der Waals surface area contributed by atoms with Crippen LogP contribution in [-0.4, -0.2) is 64.1 Å². The van der Waals surface area contributed by atoms with Gasteiger partial charge in [-0.3, -0.25) is 0 Å². The van der Waals surface area contributed by atoms with Crippen molar-refractivity contribution in [3.8, 4) is 10.4 Å². The molecule has 6 nitrogen and oxygen atoms in total. The van der Waals surface area contributed by atoms with Crippen LogP contribution in [0.5, 0.6) is 0 Å². The van der Waals surface area contributed by atoms with Crippen LogP contribution in [-0.2, 0) is 41.4 Å². The second-order valence-corrected chi connectivity index (χ2v) is 14.5. The maximum atomic E-state index is 13.6. The van der Waals surface area contributed by atoms with Crippen molar-refractivity contribution in [2.75, 3.05) is 39.6 Å². The Kier molecular flexibility index (Phi) is 18.9. The molecular formula is C43H61FO6S. The molecule has 0 aliphatic carbocycles. The van der Waals surface area contributed by atoms with E-state index >= 15 is 0 Å². The first-order valence-electron chi connectivity index (χ1n) is 19.3. The van der Waals surface area contributed by atoms with Gasteiger partial charge in [0.1, 0.15) is 36.3 Å². The number of unbranched alkanes of at least 4 members (excludes halogenated alkanes) is 4. The minimum atomic E-state index is -0.417. The fourth-order valence-corrected chi connectivity index (χ4v) is 7.30. The number of rotatable bonds is 25. The van der Waals surface area contributed by atoms with Crippen molar-refractivity contribution >= 4 is 11.3 Å². The Morgan fingerprint density at radius 2 is 1.39 bits per heavy atom. The average molecular weight is 725 g/mol. The first-order valence-corrected chi connectivity index (χ1v) is 20.1. The van der Waals surface area contributed by atoms with E-state index in [1.54, 1.807) is 17.4 Å². The zero-order valence-electron chi connectivity index (χ0n) is 31.4. The molecule has 0 saturated carbocycles. The summed E-state index contributed by atoms with van der Waals surface area (Å²) in [6, 6.07) is 17.6. The normalized spacial score (nSPS) is 20.5. The lowest BCUT2D eigenvalue weighted by atomic mass is 9.87. The highest BCUT2D eigenvalue weighted by Gasteiger charge is 2.49. The molecule has 0 bridgehead atoms. The van der Waals surface area contributed by atoms with E-state index in [9.17, 15) is 4.39 Å². The molecule has 282 valence electrons. The van der Waals surface area contributed by atoms with Crippen molar-refractivity contribution < 1.29 is 32.8 Å². The summed E-state index contributed by atoms with van der Waals surface area (Å²) >= 11 is 1.73. The minimum absolute atomic E-state index is 0.228. The number of halogens is 1. The smallest absolute Gasteiger partial charge is 0.123 e. The number of benzene rings is 2. The molecule has 51 heavy (non-hydrogen) atoms. The van der Waals surface area contributed by atoms with Crippen molar-refractivity contribution in [1.29, 1.82) is 0 Å². The van der Waals surface area contributed by atoms with Gasteiger partial charge in [-0.15, -0.1) is 17.9 Å². The Labute approximate surface area is 310 Å². The molecule has 2 aromatic carbocycles. The number of hydrogen-bond donors (Lipinski definition) is 0. The molecule has 4 rings (SSSR count). The molecule has 8 heteroatoms. The Morgan fingerprint density at radius 3 is 2.06 bits per heavy atom. The van der Waals surface area contributed by atoms with Gasteiger partial charge in [-0.1, -0.05) is 89.8 Å². The van der Waals surface area contributed by atoms with Gasteiger partial charge in [0.2, 0.25) is 0 Å². The molecule has 1 aliphatic heterocycles. The van der Waals surface area contributed by atoms with Gasteiger partial charge in [-0.2, -0.15) is 0 Å². The van der Waals surface area contributed by atoms with Crippen LogP contribution in [0.4, 0.5) is 4.39 Å². The minimum Gasteiger partial charge on any atom is -0.379 e. The summed E-state index contributed by atoms with van der Waals surface area (Å²) < 4.78 is 53.3. The molecule has 0 spiro atoms. The molecule has 1 saturated heterocycles.